The van der Waals surface area contributed by atoms with Gasteiger partial charge in [0.1, 0.15) is 0 Å². The van der Waals surface area contributed by atoms with Crippen LogP contribution in [0.2, 0.25) is 0 Å². The van der Waals surface area contributed by atoms with E-state index in [1.807, 2.05) is 73.8 Å². The molecule has 3 rings (SSSR count). The van der Waals surface area contributed by atoms with Gasteiger partial charge in [0.15, 0.2) is 0 Å². The van der Waals surface area contributed by atoms with Crippen molar-refractivity contribution in [2.45, 2.75) is 13.0 Å². The van der Waals surface area contributed by atoms with Crippen LogP contribution in [0.1, 0.15) is 18.5 Å². The summed E-state index contributed by atoms with van der Waals surface area (Å²) in [6, 6.07) is 19.8. The highest BCUT2D eigenvalue weighted by Crippen LogP contribution is 2.17. The molecule has 94 valence electrons. The molecule has 0 fully saturated rings. The van der Waals surface area contributed by atoms with Crippen molar-refractivity contribution >= 4 is 10.8 Å². The third-order valence-electron chi connectivity index (χ3n) is 3.54. The second-order valence-corrected chi connectivity index (χ2v) is 4.70. The molecule has 1 aromatic heterocycles. The van der Waals surface area contributed by atoms with Crippen molar-refractivity contribution in [2.24, 2.45) is 0 Å². The summed E-state index contributed by atoms with van der Waals surface area (Å²) in [6.45, 7) is 2.05. The van der Waals surface area contributed by atoms with Crippen LogP contribution in [-0.4, -0.2) is 4.57 Å². The number of aromatic nitrogens is 1. The summed E-state index contributed by atoms with van der Waals surface area (Å²) in [4.78, 5) is 12.5. The van der Waals surface area contributed by atoms with Gasteiger partial charge in [-0.1, -0.05) is 48.5 Å². The first-order valence-corrected chi connectivity index (χ1v) is 6.42. The summed E-state index contributed by atoms with van der Waals surface area (Å²) in [5, 5.41) is 1.76. The molecule has 0 aliphatic heterocycles. The van der Waals surface area contributed by atoms with Crippen molar-refractivity contribution in [2.75, 3.05) is 0 Å². The Morgan fingerprint density at radius 1 is 0.895 bits per heavy atom. The van der Waals surface area contributed by atoms with E-state index in [0.29, 0.717) is 0 Å². The van der Waals surface area contributed by atoms with Crippen molar-refractivity contribution in [1.29, 1.82) is 0 Å². The predicted molar refractivity (Wildman–Crippen MR) is 78.5 cm³/mol. The summed E-state index contributed by atoms with van der Waals surface area (Å²) in [6.07, 6.45) is 1.88. The van der Waals surface area contributed by atoms with Gasteiger partial charge in [-0.3, -0.25) is 4.79 Å². The van der Waals surface area contributed by atoms with Crippen LogP contribution >= 0.6 is 0 Å². The number of rotatable bonds is 2. The van der Waals surface area contributed by atoms with Crippen LogP contribution in [0.3, 0.4) is 0 Å². The SMILES string of the molecule is C[C@@H](c1ccccc1)n1ccc2ccccc2c1=O. The number of nitrogens with zero attached hydrogens (tertiary/aromatic N) is 1. The van der Waals surface area contributed by atoms with Gasteiger partial charge in [0.25, 0.3) is 5.56 Å². The molecular formula is C17H15NO. The van der Waals surface area contributed by atoms with Crippen LogP contribution in [0.4, 0.5) is 0 Å². The molecular weight excluding hydrogens is 234 g/mol. The van der Waals surface area contributed by atoms with Crippen LogP contribution in [-0.2, 0) is 0 Å². The lowest BCUT2D eigenvalue weighted by molar-refractivity contribution is 0.620. The molecule has 0 saturated heterocycles. The Kier molecular flexibility index (Phi) is 2.92. The van der Waals surface area contributed by atoms with E-state index in [9.17, 15) is 4.79 Å². The molecule has 0 amide bonds. The van der Waals surface area contributed by atoms with Crippen molar-refractivity contribution in [1.82, 2.24) is 4.57 Å². The van der Waals surface area contributed by atoms with Gasteiger partial charge in [0.2, 0.25) is 0 Å². The smallest absolute Gasteiger partial charge is 0.258 e. The van der Waals surface area contributed by atoms with Gasteiger partial charge in [0, 0.05) is 11.6 Å². The highest BCUT2D eigenvalue weighted by Gasteiger charge is 2.10. The molecule has 0 unspecified atom stereocenters. The highest BCUT2D eigenvalue weighted by molar-refractivity contribution is 5.81. The zero-order valence-corrected chi connectivity index (χ0v) is 10.8. The minimum atomic E-state index is 0.0401. The van der Waals surface area contributed by atoms with Gasteiger partial charge in [-0.2, -0.15) is 0 Å². The highest BCUT2D eigenvalue weighted by atomic mass is 16.1. The van der Waals surface area contributed by atoms with E-state index >= 15 is 0 Å². The van der Waals surface area contributed by atoms with Gasteiger partial charge in [-0.25, -0.2) is 0 Å². The Labute approximate surface area is 111 Å². The largest absolute Gasteiger partial charge is 0.308 e. The predicted octanol–water partition coefficient (Wildman–Crippen LogP) is 3.61. The number of pyridine rings is 1. The first-order chi connectivity index (χ1) is 9.27. The molecule has 19 heavy (non-hydrogen) atoms. The lowest BCUT2D eigenvalue weighted by Crippen LogP contribution is -2.23. The van der Waals surface area contributed by atoms with Gasteiger partial charge in [0.05, 0.1) is 6.04 Å². The maximum absolute atomic E-state index is 12.5. The Hall–Kier alpha value is -2.35. The molecule has 2 aromatic carbocycles. The average Bonchev–Trinajstić information content (AvgIpc) is 2.48. The topological polar surface area (TPSA) is 22.0 Å². The quantitative estimate of drug-likeness (QED) is 0.680. The van der Waals surface area contributed by atoms with E-state index in [-0.39, 0.29) is 11.6 Å². The third-order valence-corrected chi connectivity index (χ3v) is 3.54. The number of hydrogen-bond acceptors (Lipinski definition) is 1. The second-order valence-electron chi connectivity index (χ2n) is 4.70. The van der Waals surface area contributed by atoms with Crippen LogP contribution in [0.5, 0.6) is 0 Å². The zero-order chi connectivity index (χ0) is 13.2. The first kappa shape index (κ1) is 11.7. The molecule has 0 saturated carbocycles. The fourth-order valence-corrected chi connectivity index (χ4v) is 2.40. The second kappa shape index (κ2) is 4.73. The minimum Gasteiger partial charge on any atom is -0.308 e. The maximum atomic E-state index is 12.5. The Bertz CT molecular complexity index is 759. The molecule has 0 spiro atoms. The number of benzene rings is 2. The molecule has 0 radical (unpaired) electrons. The average molecular weight is 249 g/mol. The number of fused-ring (bicyclic) bond motifs is 1. The molecule has 0 aliphatic carbocycles. The standard InChI is InChI=1S/C17H15NO/c1-13(14-7-3-2-4-8-14)18-12-11-15-9-5-6-10-16(15)17(18)19/h2-13H,1H3/t13-/m0/s1. The molecule has 0 N–H and O–H groups in total. The van der Waals surface area contributed by atoms with Crippen molar-refractivity contribution < 1.29 is 0 Å². The normalized spacial score (nSPS) is 12.5. The van der Waals surface area contributed by atoms with E-state index in [4.69, 9.17) is 0 Å². The van der Waals surface area contributed by atoms with E-state index in [1.54, 1.807) is 4.57 Å². The van der Waals surface area contributed by atoms with Crippen LogP contribution in [0.15, 0.2) is 71.7 Å². The molecule has 2 nitrogen and oxygen atoms in total. The van der Waals surface area contributed by atoms with Crippen molar-refractivity contribution in [3.05, 3.63) is 82.8 Å². The first-order valence-electron chi connectivity index (χ1n) is 6.42. The fourth-order valence-electron chi connectivity index (χ4n) is 2.40. The molecule has 1 heterocycles. The van der Waals surface area contributed by atoms with Crippen LogP contribution in [0.25, 0.3) is 10.8 Å². The summed E-state index contributed by atoms with van der Waals surface area (Å²) in [5.74, 6) is 0. The van der Waals surface area contributed by atoms with Crippen LogP contribution < -0.4 is 5.56 Å². The van der Waals surface area contributed by atoms with E-state index in [1.165, 1.54) is 0 Å². The molecule has 2 heteroatoms. The molecule has 0 bridgehead atoms. The maximum Gasteiger partial charge on any atom is 0.258 e. The number of hydrogen-bond donors (Lipinski definition) is 0. The Morgan fingerprint density at radius 2 is 1.58 bits per heavy atom. The fraction of sp³-hybridized carbons (Fsp3) is 0.118. The zero-order valence-electron chi connectivity index (χ0n) is 10.8. The van der Waals surface area contributed by atoms with Crippen molar-refractivity contribution in [3.8, 4) is 0 Å². The molecule has 1 atom stereocenters. The third kappa shape index (κ3) is 2.06. The molecule has 0 aliphatic rings. The Balaban J connectivity index is 2.16. The van der Waals surface area contributed by atoms with E-state index in [0.717, 1.165) is 16.3 Å². The van der Waals surface area contributed by atoms with Crippen molar-refractivity contribution in [3.63, 3.8) is 0 Å². The van der Waals surface area contributed by atoms with E-state index < -0.39 is 0 Å². The van der Waals surface area contributed by atoms with Gasteiger partial charge < -0.3 is 4.57 Å². The lowest BCUT2D eigenvalue weighted by Gasteiger charge is -2.16. The minimum absolute atomic E-state index is 0.0401. The lowest BCUT2D eigenvalue weighted by atomic mass is 10.1. The Morgan fingerprint density at radius 3 is 2.37 bits per heavy atom. The van der Waals surface area contributed by atoms with Gasteiger partial charge >= 0.3 is 0 Å². The van der Waals surface area contributed by atoms with E-state index in [2.05, 4.69) is 0 Å². The van der Waals surface area contributed by atoms with Crippen LogP contribution in [0, 0.1) is 0 Å². The monoisotopic (exact) mass is 249 g/mol. The summed E-state index contributed by atoms with van der Waals surface area (Å²) in [7, 11) is 0. The summed E-state index contributed by atoms with van der Waals surface area (Å²) < 4.78 is 1.79. The summed E-state index contributed by atoms with van der Waals surface area (Å²) in [5.41, 5.74) is 1.20. The summed E-state index contributed by atoms with van der Waals surface area (Å²) >= 11 is 0. The van der Waals surface area contributed by atoms with Gasteiger partial charge in [-0.15, -0.1) is 0 Å². The van der Waals surface area contributed by atoms with Gasteiger partial charge in [-0.05, 0) is 30.0 Å². The molecule has 3 aromatic rings.